The maximum atomic E-state index is 8.37. The highest BCUT2D eigenvalue weighted by Crippen LogP contribution is 2.12. The third-order valence-corrected chi connectivity index (χ3v) is 1.79. The van der Waals surface area contributed by atoms with Gasteiger partial charge in [-0.15, -0.1) is 0 Å². The second-order valence-electron chi connectivity index (χ2n) is 2.77. The van der Waals surface area contributed by atoms with Gasteiger partial charge < -0.3 is 0 Å². The van der Waals surface area contributed by atoms with Crippen LogP contribution in [0.1, 0.15) is 33.1 Å². The maximum Gasteiger partial charge on any atom is 0.0940 e. The third-order valence-electron chi connectivity index (χ3n) is 1.79. The number of nitrogens with zero attached hydrogens (tertiary/aromatic N) is 1. The molecule has 0 amide bonds. The molecule has 0 aromatic heterocycles. The van der Waals surface area contributed by atoms with Gasteiger partial charge in [0.2, 0.25) is 0 Å². The average molecular weight is 137 g/mol. The van der Waals surface area contributed by atoms with Gasteiger partial charge in [-0.1, -0.05) is 26.8 Å². The van der Waals surface area contributed by atoms with E-state index in [9.17, 15) is 0 Å². The van der Waals surface area contributed by atoms with E-state index in [1.807, 2.05) is 6.07 Å². The van der Waals surface area contributed by atoms with E-state index in [1.54, 1.807) is 0 Å². The lowest BCUT2D eigenvalue weighted by Gasteiger charge is -2.05. The van der Waals surface area contributed by atoms with E-state index in [0.29, 0.717) is 5.57 Å². The minimum Gasteiger partial charge on any atom is -0.193 e. The van der Waals surface area contributed by atoms with Crippen molar-refractivity contribution in [1.29, 1.82) is 5.26 Å². The Labute approximate surface area is 63.4 Å². The summed E-state index contributed by atoms with van der Waals surface area (Å²) in [5.74, 6) is 0.727. The maximum absolute atomic E-state index is 8.37. The van der Waals surface area contributed by atoms with E-state index in [4.69, 9.17) is 5.26 Å². The fourth-order valence-electron chi connectivity index (χ4n) is 0.681. The first kappa shape index (κ1) is 9.23. The summed E-state index contributed by atoms with van der Waals surface area (Å²) in [6, 6.07) is 2.05. The Morgan fingerprint density at radius 2 is 2.30 bits per heavy atom. The molecule has 0 unspecified atom stereocenters. The summed E-state index contributed by atoms with van der Waals surface area (Å²) in [7, 11) is 0. The molecule has 0 spiro atoms. The van der Waals surface area contributed by atoms with Crippen molar-refractivity contribution in [2.75, 3.05) is 0 Å². The largest absolute Gasteiger partial charge is 0.193 e. The van der Waals surface area contributed by atoms with Crippen molar-refractivity contribution in [3.8, 4) is 6.07 Å². The highest BCUT2D eigenvalue weighted by molar-refractivity contribution is 5.15. The third kappa shape index (κ3) is 4.14. The van der Waals surface area contributed by atoms with Crippen LogP contribution in [0.4, 0.5) is 0 Å². The number of rotatable bonds is 4. The van der Waals surface area contributed by atoms with Crippen LogP contribution in [0.3, 0.4) is 0 Å². The van der Waals surface area contributed by atoms with Crippen LogP contribution in [0.15, 0.2) is 12.2 Å². The molecule has 0 rings (SSSR count). The molecule has 0 saturated carbocycles. The molecule has 56 valence electrons. The predicted octanol–water partition coefficient (Wildman–Crippen LogP) is 2.89. The van der Waals surface area contributed by atoms with Gasteiger partial charge in [0, 0.05) is 5.57 Å². The molecule has 0 saturated heterocycles. The quantitative estimate of drug-likeness (QED) is 0.546. The molecular weight excluding hydrogens is 122 g/mol. The van der Waals surface area contributed by atoms with Gasteiger partial charge in [-0.25, -0.2) is 0 Å². The Balaban J connectivity index is 3.37. The zero-order chi connectivity index (χ0) is 7.98. The van der Waals surface area contributed by atoms with Crippen LogP contribution in [0.25, 0.3) is 0 Å². The fraction of sp³-hybridized carbons (Fsp3) is 0.667. The standard InChI is InChI=1S/C9H15N/c1-4-8(2)5-6-9(3)7-10/h8H,3-6H2,1-2H3/t8-/m0/s1. The second-order valence-corrected chi connectivity index (χ2v) is 2.77. The lowest BCUT2D eigenvalue weighted by molar-refractivity contribution is 0.518. The zero-order valence-corrected chi connectivity index (χ0v) is 6.85. The smallest absolute Gasteiger partial charge is 0.0940 e. The molecule has 0 fully saturated rings. The molecule has 0 N–H and O–H groups in total. The van der Waals surface area contributed by atoms with E-state index < -0.39 is 0 Å². The van der Waals surface area contributed by atoms with E-state index in [0.717, 1.165) is 18.8 Å². The van der Waals surface area contributed by atoms with E-state index in [1.165, 1.54) is 6.42 Å². The van der Waals surface area contributed by atoms with Crippen LogP contribution < -0.4 is 0 Å². The lowest BCUT2D eigenvalue weighted by atomic mass is 10.0. The Morgan fingerprint density at radius 3 is 2.70 bits per heavy atom. The van der Waals surface area contributed by atoms with Crippen molar-refractivity contribution in [2.45, 2.75) is 33.1 Å². The highest BCUT2D eigenvalue weighted by Gasteiger charge is 1.98. The zero-order valence-electron chi connectivity index (χ0n) is 6.85. The van der Waals surface area contributed by atoms with E-state index in [2.05, 4.69) is 20.4 Å². The molecule has 0 radical (unpaired) electrons. The van der Waals surface area contributed by atoms with Crippen molar-refractivity contribution in [1.82, 2.24) is 0 Å². The van der Waals surface area contributed by atoms with Gasteiger partial charge in [0.1, 0.15) is 0 Å². The van der Waals surface area contributed by atoms with Crippen LogP contribution in [-0.4, -0.2) is 0 Å². The first-order valence-corrected chi connectivity index (χ1v) is 3.78. The molecule has 1 atom stereocenters. The summed E-state index contributed by atoms with van der Waals surface area (Å²) >= 11 is 0. The van der Waals surface area contributed by atoms with Gasteiger partial charge >= 0.3 is 0 Å². The minimum absolute atomic E-state index is 0.709. The molecule has 1 heteroatoms. The summed E-state index contributed by atoms with van der Waals surface area (Å²) in [5.41, 5.74) is 0.709. The highest BCUT2D eigenvalue weighted by atomic mass is 14.2. The molecule has 1 nitrogen and oxygen atoms in total. The van der Waals surface area contributed by atoms with Gasteiger partial charge in [0.15, 0.2) is 0 Å². The fourth-order valence-corrected chi connectivity index (χ4v) is 0.681. The summed E-state index contributed by atoms with van der Waals surface area (Å²) in [5, 5.41) is 8.37. The Kier molecular flexibility index (Phi) is 4.66. The number of nitriles is 1. The Bertz CT molecular complexity index is 141. The molecule has 0 heterocycles. The summed E-state index contributed by atoms with van der Waals surface area (Å²) in [6.07, 6.45) is 3.16. The van der Waals surface area contributed by atoms with Crippen molar-refractivity contribution in [3.05, 3.63) is 12.2 Å². The molecule has 10 heavy (non-hydrogen) atoms. The van der Waals surface area contributed by atoms with Gasteiger partial charge in [-0.05, 0) is 18.8 Å². The van der Waals surface area contributed by atoms with Crippen LogP contribution in [0, 0.1) is 17.2 Å². The van der Waals surface area contributed by atoms with Crippen molar-refractivity contribution in [2.24, 2.45) is 5.92 Å². The molecule has 0 aromatic carbocycles. The topological polar surface area (TPSA) is 23.8 Å². The number of hydrogen-bond donors (Lipinski definition) is 0. The average Bonchev–Trinajstić information content (AvgIpc) is 1.99. The molecular formula is C9H15N. The van der Waals surface area contributed by atoms with Crippen LogP contribution in [0.2, 0.25) is 0 Å². The summed E-state index contributed by atoms with van der Waals surface area (Å²) in [4.78, 5) is 0. The van der Waals surface area contributed by atoms with Gasteiger partial charge in [-0.3, -0.25) is 0 Å². The second kappa shape index (κ2) is 5.05. The summed E-state index contributed by atoms with van der Waals surface area (Å²) < 4.78 is 0. The van der Waals surface area contributed by atoms with Crippen molar-refractivity contribution >= 4 is 0 Å². The van der Waals surface area contributed by atoms with Crippen LogP contribution in [-0.2, 0) is 0 Å². The molecule has 0 aliphatic rings. The molecule has 0 aromatic rings. The van der Waals surface area contributed by atoms with Crippen LogP contribution >= 0.6 is 0 Å². The van der Waals surface area contributed by atoms with Crippen molar-refractivity contribution < 1.29 is 0 Å². The minimum atomic E-state index is 0.709. The Hall–Kier alpha value is -0.770. The van der Waals surface area contributed by atoms with E-state index in [-0.39, 0.29) is 0 Å². The summed E-state index contributed by atoms with van der Waals surface area (Å²) in [6.45, 7) is 7.98. The van der Waals surface area contributed by atoms with Gasteiger partial charge in [0.05, 0.1) is 6.07 Å². The van der Waals surface area contributed by atoms with Crippen molar-refractivity contribution in [3.63, 3.8) is 0 Å². The monoisotopic (exact) mass is 137 g/mol. The van der Waals surface area contributed by atoms with Crippen LogP contribution in [0.5, 0.6) is 0 Å². The van der Waals surface area contributed by atoms with Gasteiger partial charge in [-0.2, -0.15) is 5.26 Å². The number of allylic oxidation sites excluding steroid dienone is 1. The first-order chi connectivity index (χ1) is 4.70. The molecule has 0 aliphatic heterocycles. The lowest BCUT2D eigenvalue weighted by Crippen LogP contribution is -1.91. The van der Waals surface area contributed by atoms with Gasteiger partial charge in [0.25, 0.3) is 0 Å². The van der Waals surface area contributed by atoms with E-state index >= 15 is 0 Å². The Morgan fingerprint density at radius 1 is 1.70 bits per heavy atom. The predicted molar refractivity (Wildman–Crippen MR) is 43.4 cm³/mol. The molecule has 0 bridgehead atoms. The first-order valence-electron chi connectivity index (χ1n) is 3.78. The number of hydrogen-bond acceptors (Lipinski definition) is 1. The normalized spacial score (nSPS) is 12.1. The molecule has 0 aliphatic carbocycles. The SMILES string of the molecule is C=C(C#N)CC[C@@H](C)CC.